The molecule has 0 radical (unpaired) electrons. The normalized spacial score (nSPS) is 10.4. The number of amides is 1. The second kappa shape index (κ2) is 6.49. The van der Waals surface area contributed by atoms with E-state index in [1.54, 1.807) is 6.07 Å². The lowest BCUT2D eigenvalue weighted by atomic mass is 10.1. The minimum Gasteiger partial charge on any atom is -0.396 e. The van der Waals surface area contributed by atoms with Crippen molar-refractivity contribution in [2.24, 2.45) is 0 Å². The zero-order chi connectivity index (χ0) is 13.7. The van der Waals surface area contributed by atoms with Gasteiger partial charge in [0.25, 0.3) is 5.91 Å². The molecule has 19 heavy (non-hydrogen) atoms. The molecule has 0 unspecified atom stereocenters. The molecular weight excluding hydrogens is 310 g/mol. The molecule has 1 aromatic carbocycles. The van der Waals surface area contributed by atoms with Crippen molar-refractivity contribution in [3.63, 3.8) is 0 Å². The van der Waals surface area contributed by atoms with Crippen LogP contribution in [0, 0.1) is 0 Å². The number of carbonyl (C=O) groups is 1. The van der Waals surface area contributed by atoms with Crippen LogP contribution in [0.15, 0.2) is 34.8 Å². The van der Waals surface area contributed by atoms with Gasteiger partial charge in [0.15, 0.2) is 0 Å². The van der Waals surface area contributed by atoms with Crippen LogP contribution in [0.1, 0.15) is 16.9 Å². The van der Waals surface area contributed by atoms with Gasteiger partial charge in [0, 0.05) is 23.2 Å². The molecule has 3 N–H and O–H groups in total. The number of hydrogen-bond donors (Lipinski definition) is 3. The average molecular weight is 324 g/mol. The molecule has 0 aliphatic rings. The smallest absolute Gasteiger partial charge is 0.269 e. The van der Waals surface area contributed by atoms with Gasteiger partial charge < -0.3 is 10.4 Å². The summed E-state index contributed by atoms with van der Waals surface area (Å²) in [6, 6.07) is 9.40. The third-order valence-electron chi connectivity index (χ3n) is 2.58. The summed E-state index contributed by atoms with van der Waals surface area (Å²) in [5.74, 6) is -0.218. The Bertz CT molecular complexity index is 551. The Labute approximate surface area is 119 Å². The molecule has 1 heterocycles. The number of aromatic amines is 1. The van der Waals surface area contributed by atoms with E-state index >= 15 is 0 Å². The van der Waals surface area contributed by atoms with Crippen LogP contribution in [-0.2, 0) is 0 Å². The third kappa shape index (κ3) is 3.65. The number of nitrogens with one attached hydrogen (secondary N) is 2. The molecule has 1 amide bonds. The molecule has 0 saturated carbocycles. The summed E-state index contributed by atoms with van der Waals surface area (Å²) in [4.78, 5) is 11.7. The maximum Gasteiger partial charge on any atom is 0.269 e. The number of rotatable bonds is 5. The highest BCUT2D eigenvalue weighted by Gasteiger charge is 2.10. The van der Waals surface area contributed by atoms with E-state index in [0.29, 0.717) is 18.7 Å². The van der Waals surface area contributed by atoms with Gasteiger partial charge >= 0.3 is 0 Å². The molecule has 0 saturated heterocycles. The predicted molar refractivity (Wildman–Crippen MR) is 75.8 cm³/mol. The first-order chi connectivity index (χ1) is 9.20. The lowest BCUT2D eigenvalue weighted by Gasteiger charge is -2.00. The summed E-state index contributed by atoms with van der Waals surface area (Å²) < 4.78 is 0.994. The number of hydrogen-bond acceptors (Lipinski definition) is 3. The van der Waals surface area contributed by atoms with E-state index in [0.717, 1.165) is 15.7 Å². The average Bonchev–Trinajstić information content (AvgIpc) is 2.89. The summed E-state index contributed by atoms with van der Waals surface area (Å²) in [6.45, 7) is 0.509. The first-order valence-corrected chi connectivity index (χ1v) is 6.70. The van der Waals surface area contributed by atoms with Crippen LogP contribution in [-0.4, -0.2) is 34.4 Å². The molecule has 2 aromatic rings. The van der Waals surface area contributed by atoms with Gasteiger partial charge in [-0.15, -0.1) is 0 Å². The Morgan fingerprint density at radius 1 is 1.37 bits per heavy atom. The Morgan fingerprint density at radius 2 is 2.11 bits per heavy atom. The number of aromatic nitrogens is 2. The standard InChI is InChI=1S/C13H14BrN3O2/c14-10-4-2-9(3-5-10)11-8-12(17-16-11)13(19)15-6-1-7-18/h2-5,8,18H,1,6-7H2,(H,15,19)(H,16,17). The minimum absolute atomic E-state index is 0.0629. The molecule has 0 aliphatic carbocycles. The molecule has 6 heteroatoms. The number of nitrogens with zero attached hydrogens (tertiary/aromatic N) is 1. The maximum absolute atomic E-state index is 11.7. The number of H-pyrrole nitrogens is 1. The van der Waals surface area contributed by atoms with Crippen molar-refractivity contribution in [1.82, 2.24) is 15.5 Å². The van der Waals surface area contributed by atoms with E-state index < -0.39 is 0 Å². The molecule has 100 valence electrons. The SMILES string of the molecule is O=C(NCCCO)c1cc(-c2ccc(Br)cc2)n[nH]1. The zero-order valence-electron chi connectivity index (χ0n) is 10.2. The Kier molecular flexibility index (Phi) is 4.70. The van der Waals surface area contributed by atoms with Crippen LogP contribution < -0.4 is 5.32 Å². The van der Waals surface area contributed by atoms with Crippen LogP contribution in [0.5, 0.6) is 0 Å². The minimum atomic E-state index is -0.218. The summed E-state index contributed by atoms with van der Waals surface area (Å²) in [5, 5.41) is 18.2. The van der Waals surface area contributed by atoms with Gasteiger partial charge in [-0.25, -0.2) is 0 Å². The molecule has 2 rings (SSSR count). The summed E-state index contributed by atoms with van der Waals surface area (Å²) in [7, 11) is 0. The van der Waals surface area contributed by atoms with Gasteiger partial charge in [0.2, 0.25) is 0 Å². The van der Waals surface area contributed by atoms with Crippen molar-refractivity contribution in [2.75, 3.05) is 13.2 Å². The van der Waals surface area contributed by atoms with E-state index in [9.17, 15) is 4.79 Å². The van der Waals surface area contributed by atoms with E-state index in [4.69, 9.17) is 5.11 Å². The van der Waals surface area contributed by atoms with Gasteiger partial charge in [-0.1, -0.05) is 28.1 Å². The van der Waals surface area contributed by atoms with Gasteiger partial charge in [0.05, 0.1) is 5.69 Å². The van der Waals surface area contributed by atoms with Crippen LogP contribution >= 0.6 is 15.9 Å². The van der Waals surface area contributed by atoms with Crippen molar-refractivity contribution >= 4 is 21.8 Å². The van der Waals surface area contributed by atoms with Crippen molar-refractivity contribution in [3.05, 3.63) is 40.5 Å². The highest BCUT2D eigenvalue weighted by Crippen LogP contribution is 2.20. The Balaban J connectivity index is 2.06. The van der Waals surface area contributed by atoms with Crippen LogP contribution in [0.3, 0.4) is 0 Å². The molecular formula is C13H14BrN3O2. The van der Waals surface area contributed by atoms with Gasteiger partial charge in [-0.05, 0) is 24.6 Å². The van der Waals surface area contributed by atoms with Crippen molar-refractivity contribution in [2.45, 2.75) is 6.42 Å². The third-order valence-corrected chi connectivity index (χ3v) is 3.11. The van der Waals surface area contributed by atoms with Gasteiger partial charge in [0.1, 0.15) is 5.69 Å². The van der Waals surface area contributed by atoms with E-state index in [-0.39, 0.29) is 12.5 Å². The fourth-order valence-corrected chi connectivity index (χ4v) is 1.85. The molecule has 0 fully saturated rings. The highest BCUT2D eigenvalue weighted by atomic mass is 79.9. The quantitative estimate of drug-likeness (QED) is 0.736. The number of halogens is 1. The second-order valence-corrected chi connectivity index (χ2v) is 4.92. The summed E-state index contributed by atoms with van der Waals surface area (Å²) >= 11 is 3.37. The predicted octanol–water partition coefficient (Wildman–Crippen LogP) is 1.95. The molecule has 0 atom stereocenters. The van der Waals surface area contributed by atoms with Crippen molar-refractivity contribution < 1.29 is 9.90 Å². The maximum atomic E-state index is 11.7. The molecule has 5 nitrogen and oxygen atoms in total. The lowest BCUT2D eigenvalue weighted by molar-refractivity contribution is 0.0946. The fourth-order valence-electron chi connectivity index (χ4n) is 1.58. The lowest BCUT2D eigenvalue weighted by Crippen LogP contribution is -2.25. The van der Waals surface area contributed by atoms with Crippen LogP contribution in [0.25, 0.3) is 11.3 Å². The molecule has 0 aliphatic heterocycles. The first-order valence-electron chi connectivity index (χ1n) is 5.91. The largest absolute Gasteiger partial charge is 0.396 e. The topological polar surface area (TPSA) is 78.0 Å². The number of aliphatic hydroxyl groups is 1. The second-order valence-electron chi connectivity index (χ2n) is 4.01. The monoisotopic (exact) mass is 323 g/mol. The summed E-state index contributed by atoms with van der Waals surface area (Å²) in [5.41, 5.74) is 2.07. The number of carbonyl (C=O) groups excluding carboxylic acids is 1. The first kappa shape index (κ1) is 13.8. The highest BCUT2D eigenvalue weighted by molar-refractivity contribution is 9.10. The fraction of sp³-hybridized carbons (Fsp3) is 0.231. The number of benzene rings is 1. The van der Waals surface area contributed by atoms with Crippen LogP contribution in [0.4, 0.5) is 0 Å². The van der Waals surface area contributed by atoms with Gasteiger partial charge in [-0.2, -0.15) is 5.10 Å². The van der Waals surface area contributed by atoms with Crippen LogP contribution in [0.2, 0.25) is 0 Å². The van der Waals surface area contributed by atoms with Gasteiger partial charge in [-0.3, -0.25) is 9.89 Å². The zero-order valence-corrected chi connectivity index (χ0v) is 11.8. The van der Waals surface area contributed by atoms with E-state index in [2.05, 4.69) is 31.4 Å². The number of aliphatic hydroxyl groups excluding tert-OH is 1. The molecule has 0 spiro atoms. The van der Waals surface area contributed by atoms with Crippen molar-refractivity contribution in [1.29, 1.82) is 0 Å². The summed E-state index contributed by atoms with van der Waals surface area (Å²) in [6.07, 6.45) is 0.541. The van der Waals surface area contributed by atoms with E-state index in [1.807, 2.05) is 24.3 Å². The molecule has 1 aromatic heterocycles. The Morgan fingerprint density at radius 3 is 2.79 bits per heavy atom. The Hall–Kier alpha value is -1.66. The van der Waals surface area contributed by atoms with Crippen molar-refractivity contribution in [3.8, 4) is 11.3 Å². The van der Waals surface area contributed by atoms with E-state index in [1.165, 1.54) is 0 Å². The molecule has 0 bridgehead atoms.